The van der Waals surface area contributed by atoms with Crippen LogP contribution in [0.25, 0.3) is 0 Å². The summed E-state index contributed by atoms with van der Waals surface area (Å²) < 4.78 is 1.80. The summed E-state index contributed by atoms with van der Waals surface area (Å²) in [6.07, 6.45) is 10.2. The highest BCUT2D eigenvalue weighted by Crippen LogP contribution is 2.24. The monoisotopic (exact) mass is 335 g/mol. The Bertz CT molecular complexity index is 547. The summed E-state index contributed by atoms with van der Waals surface area (Å²) in [5, 5.41) is 19.9. The van der Waals surface area contributed by atoms with Crippen LogP contribution in [0.2, 0.25) is 0 Å². The van der Waals surface area contributed by atoms with Gasteiger partial charge in [-0.2, -0.15) is 5.10 Å². The Morgan fingerprint density at radius 3 is 2.88 bits per heavy atom. The van der Waals surface area contributed by atoms with Crippen molar-refractivity contribution < 1.29 is 9.90 Å². The van der Waals surface area contributed by atoms with Crippen LogP contribution in [0.3, 0.4) is 0 Å². The third-order valence-electron chi connectivity index (χ3n) is 5.27. The quantitative estimate of drug-likeness (QED) is 0.773. The van der Waals surface area contributed by atoms with Crippen LogP contribution in [0.4, 0.5) is 10.5 Å². The Morgan fingerprint density at radius 1 is 1.29 bits per heavy atom. The van der Waals surface area contributed by atoms with Gasteiger partial charge in [-0.15, -0.1) is 0 Å². The molecule has 1 saturated carbocycles. The first-order valence-corrected chi connectivity index (χ1v) is 9.07. The molecular formula is C17H29N5O2. The molecule has 134 valence electrons. The molecule has 7 nitrogen and oxygen atoms in total. The molecule has 3 rings (SSSR count). The van der Waals surface area contributed by atoms with Gasteiger partial charge in [-0.3, -0.25) is 4.68 Å². The fraction of sp³-hybridized carbons (Fsp3) is 0.765. The van der Waals surface area contributed by atoms with Gasteiger partial charge in [-0.1, -0.05) is 12.8 Å². The molecule has 24 heavy (non-hydrogen) atoms. The Morgan fingerprint density at radius 2 is 2.12 bits per heavy atom. The summed E-state index contributed by atoms with van der Waals surface area (Å²) in [7, 11) is 1.92. The SMILES string of the molecule is Cn1cc(N2CCC[C@H](NC(=O)N[C@H]3CCCC[C@@H]3CO)C2)cn1. The zero-order valence-corrected chi connectivity index (χ0v) is 14.4. The van der Waals surface area contributed by atoms with E-state index in [4.69, 9.17) is 0 Å². The van der Waals surface area contributed by atoms with Gasteiger partial charge in [0.15, 0.2) is 0 Å². The highest BCUT2D eigenvalue weighted by atomic mass is 16.3. The number of amides is 2. The van der Waals surface area contributed by atoms with Crippen molar-refractivity contribution >= 4 is 11.7 Å². The highest BCUT2D eigenvalue weighted by molar-refractivity contribution is 5.74. The number of aliphatic hydroxyl groups excluding tert-OH is 1. The smallest absolute Gasteiger partial charge is 0.315 e. The minimum absolute atomic E-state index is 0.0987. The number of anilines is 1. The molecule has 3 N–H and O–H groups in total. The maximum absolute atomic E-state index is 12.3. The van der Waals surface area contributed by atoms with Gasteiger partial charge in [-0.25, -0.2) is 4.79 Å². The number of carbonyl (C=O) groups is 1. The van der Waals surface area contributed by atoms with Crippen LogP contribution in [0.1, 0.15) is 38.5 Å². The predicted molar refractivity (Wildman–Crippen MR) is 92.9 cm³/mol. The molecule has 0 aromatic carbocycles. The van der Waals surface area contributed by atoms with Crippen molar-refractivity contribution in [3.63, 3.8) is 0 Å². The Kier molecular flexibility index (Phi) is 5.60. The van der Waals surface area contributed by atoms with E-state index in [-0.39, 0.29) is 30.6 Å². The lowest BCUT2D eigenvalue weighted by Crippen LogP contribution is -2.54. The van der Waals surface area contributed by atoms with Crippen molar-refractivity contribution in [1.82, 2.24) is 20.4 Å². The number of aromatic nitrogens is 2. The van der Waals surface area contributed by atoms with Crippen molar-refractivity contribution in [3.8, 4) is 0 Å². The lowest BCUT2D eigenvalue weighted by atomic mass is 9.85. The minimum atomic E-state index is -0.0987. The third-order valence-corrected chi connectivity index (χ3v) is 5.27. The lowest BCUT2D eigenvalue weighted by molar-refractivity contribution is 0.153. The number of urea groups is 1. The van der Waals surface area contributed by atoms with Gasteiger partial charge < -0.3 is 20.6 Å². The zero-order chi connectivity index (χ0) is 16.9. The maximum Gasteiger partial charge on any atom is 0.315 e. The molecule has 3 atom stereocenters. The van der Waals surface area contributed by atoms with E-state index in [0.717, 1.165) is 57.3 Å². The Hall–Kier alpha value is -1.76. The van der Waals surface area contributed by atoms with E-state index in [1.165, 1.54) is 0 Å². The predicted octanol–water partition coefficient (Wildman–Crippen LogP) is 1.24. The van der Waals surface area contributed by atoms with Gasteiger partial charge in [0.1, 0.15) is 0 Å². The van der Waals surface area contributed by atoms with E-state index in [9.17, 15) is 9.90 Å². The number of nitrogens with one attached hydrogen (secondary N) is 2. The normalized spacial score (nSPS) is 27.8. The molecular weight excluding hydrogens is 306 g/mol. The maximum atomic E-state index is 12.3. The standard InChI is InChI=1S/C17H29N5O2/c1-21-11-15(9-18-21)22-8-4-6-14(10-22)19-17(24)20-16-7-3-2-5-13(16)12-23/h9,11,13-14,16,23H,2-8,10,12H2,1H3,(H2,19,20,24)/t13-,14+,16+/m1/s1. The molecule has 0 radical (unpaired) electrons. The first-order valence-electron chi connectivity index (χ1n) is 9.07. The van der Waals surface area contributed by atoms with E-state index in [0.29, 0.717) is 0 Å². The molecule has 2 heterocycles. The van der Waals surface area contributed by atoms with Crippen molar-refractivity contribution in [2.24, 2.45) is 13.0 Å². The number of hydrogen-bond donors (Lipinski definition) is 3. The van der Waals surface area contributed by atoms with Gasteiger partial charge in [-0.05, 0) is 25.7 Å². The number of aryl methyl sites for hydroxylation is 1. The highest BCUT2D eigenvalue weighted by Gasteiger charge is 2.27. The molecule has 1 saturated heterocycles. The molecule has 0 bridgehead atoms. The average molecular weight is 335 g/mol. The van der Waals surface area contributed by atoms with Gasteiger partial charge >= 0.3 is 6.03 Å². The van der Waals surface area contributed by atoms with Gasteiger partial charge in [0.05, 0.1) is 11.9 Å². The summed E-state index contributed by atoms with van der Waals surface area (Å²) >= 11 is 0. The summed E-state index contributed by atoms with van der Waals surface area (Å²) in [6, 6.07) is 0.148. The van der Waals surface area contributed by atoms with Crippen molar-refractivity contribution in [2.75, 3.05) is 24.6 Å². The van der Waals surface area contributed by atoms with Crippen LogP contribution >= 0.6 is 0 Å². The van der Waals surface area contributed by atoms with Crippen LogP contribution in [-0.4, -0.2) is 52.7 Å². The first kappa shape index (κ1) is 17.1. The largest absolute Gasteiger partial charge is 0.396 e. The third kappa shape index (κ3) is 4.20. The van der Waals surface area contributed by atoms with Gasteiger partial charge in [0.25, 0.3) is 0 Å². The Balaban J connectivity index is 1.50. The number of hydrogen-bond acceptors (Lipinski definition) is 4. The summed E-state index contributed by atoms with van der Waals surface area (Å²) in [5.41, 5.74) is 1.11. The zero-order valence-electron chi connectivity index (χ0n) is 14.4. The van der Waals surface area contributed by atoms with Crippen LogP contribution in [-0.2, 0) is 7.05 Å². The molecule has 2 fully saturated rings. The van der Waals surface area contributed by atoms with Gasteiger partial charge in [0.2, 0.25) is 0 Å². The van der Waals surface area contributed by atoms with E-state index < -0.39 is 0 Å². The fourth-order valence-electron chi connectivity index (χ4n) is 3.91. The fourth-order valence-corrected chi connectivity index (χ4v) is 3.91. The van der Waals surface area contributed by atoms with E-state index >= 15 is 0 Å². The summed E-state index contributed by atoms with van der Waals surface area (Å²) in [6.45, 7) is 1.97. The molecule has 1 aromatic heterocycles. The molecule has 0 spiro atoms. The molecule has 2 aliphatic rings. The van der Waals surface area contributed by atoms with Crippen LogP contribution in [0.5, 0.6) is 0 Å². The summed E-state index contributed by atoms with van der Waals surface area (Å²) in [4.78, 5) is 14.6. The van der Waals surface area contributed by atoms with Gasteiger partial charge in [0, 0.05) is 50.9 Å². The minimum Gasteiger partial charge on any atom is -0.396 e. The number of aliphatic hydroxyl groups is 1. The van der Waals surface area contributed by atoms with E-state index in [2.05, 4.69) is 20.6 Å². The number of rotatable bonds is 4. The second kappa shape index (κ2) is 7.88. The second-order valence-corrected chi connectivity index (χ2v) is 7.11. The van der Waals surface area contributed by atoms with Crippen LogP contribution in [0.15, 0.2) is 12.4 Å². The average Bonchev–Trinajstić information content (AvgIpc) is 3.02. The number of nitrogens with zero attached hydrogens (tertiary/aromatic N) is 3. The molecule has 0 unspecified atom stereocenters. The molecule has 2 amide bonds. The molecule has 7 heteroatoms. The number of carbonyl (C=O) groups excluding carboxylic acids is 1. The first-order chi connectivity index (χ1) is 11.7. The molecule has 1 aliphatic carbocycles. The molecule has 1 aliphatic heterocycles. The topological polar surface area (TPSA) is 82.4 Å². The van der Waals surface area contributed by atoms with Crippen LogP contribution in [0, 0.1) is 5.92 Å². The lowest BCUT2D eigenvalue weighted by Gasteiger charge is -2.35. The summed E-state index contributed by atoms with van der Waals surface area (Å²) in [5.74, 6) is 0.197. The van der Waals surface area contributed by atoms with E-state index in [1.807, 2.05) is 19.4 Å². The van der Waals surface area contributed by atoms with Crippen molar-refractivity contribution in [2.45, 2.75) is 50.6 Å². The van der Waals surface area contributed by atoms with E-state index in [1.54, 1.807) is 4.68 Å². The number of piperidine rings is 1. The Labute approximate surface area is 143 Å². The van der Waals surface area contributed by atoms with Crippen LogP contribution < -0.4 is 15.5 Å². The van der Waals surface area contributed by atoms with Crippen molar-refractivity contribution in [1.29, 1.82) is 0 Å². The van der Waals surface area contributed by atoms with Crippen molar-refractivity contribution in [3.05, 3.63) is 12.4 Å². The molecule has 1 aromatic rings. The second-order valence-electron chi connectivity index (χ2n) is 7.11.